The number of amides is 1. The third-order valence-electron chi connectivity index (χ3n) is 2.99. The zero-order chi connectivity index (χ0) is 13.7. The van der Waals surface area contributed by atoms with E-state index in [0.717, 1.165) is 24.2 Å². The fraction of sp³-hybridized carbons (Fsp3) is 0.333. The van der Waals surface area contributed by atoms with Crippen LogP contribution in [0, 0.1) is 12.3 Å². The van der Waals surface area contributed by atoms with Crippen LogP contribution in [0.25, 0.3) is 0 Å². The summed E-state index contributed by atoms with van der Waals surface area (Å²) in [6, 6.07) is 7.37. The Bertz CT molecular complexity index is 513. The molecule has 4 nitrogen and oxygen atoms in total. The lowest BCUT2D eigenvalue weighted by Gasteiger charge is -2.15. The van der Waals surface area contributed by atoms with Crippen molar-refractivity contribution in [1.82, 2.24) is 0 Å². The normalized spacial score (nSPS) is 14.3. The van der Waals surface area contributed by atoms with Gasteiger partial charge in [0.25, 0.3) is 0 Å². The van der Waals surface area contributed by atoms with Crippen molar-refractivity contribution in [2.75, 3.05) is 18.1 Å². The van der Waals surface area contributed by atoms with E-state index in [1.54, 1.807) is 4.90 Å². The maximum Gasteiger partial charge on any atom is 0.311 e. The molecule has 0 aliphatic carbocycles. The predicted octanol–water partition coefficient (Wildman–Crippen LogP) is 1.53. The molecule has 0 N–H and O–H groups in total. The number of terminal acetylenes is 1. The first-order valence-corrected chi connectivity index (χ1v) is 6.19. The van der Waals surface area contributed by atoms with Gasteiger partial charge in [-0.05, 0) is 24.1 Å². The van der Waals surface area contributed by atoms with Gasteiger partial charge in [-0.2, -0.15) is 0 Å². The van der Waals surface area contributed by atoms with Gasteiger partial charge >= 0.3 is 5.97 Å². The molecular weight excluding hydrogens is 242 g/mol. The van der Waals surface area contributed by atoms with Crippen molar-refractivity contribution in [2.45, 2.75) is 19.3 Å². The summed E-state index contributed by atoms with van der Waals surface area (Å²) >= 11 is 0. The van der Waals surface area contributed by atoms with Gasteiger partial charge in [0.1, 0.15) is 0 Å². The molecule has 1 aromatic rings. The molecule has 0 spiro atoms. The Kier molecular flexibility index (Phi) is 4.19. The Morgan fingerprint density at radius 1 is 1.37 bits per heavy atom. The monoisotopic (exact) mass is 257 g/mol. The van der Waals surface area contributed by atoms with Crippen molar-refractivity contribution >= 4 is 17.6 Å². The highest BCUT2D eigenvalue weighted by molar-refractivity contribution is 5.95. The molecular formula is C15H15NO3. The number of nitrogens with zero attached hydrogens (tertiary/aromatic N) is 1. The number of carbonyl (C=O) groups is 2. The summed E-state index contributed by atoms with van der Waals surface area (Å²) in [5, 5.41) is 0. The van der Waals surface area contributed by atoms with Crippen LogP contribution in [0.2, 0.25) is 0 Å². The van der Waals surface area contributed by atoms with E-state index in [1.165, 1.54) is 0 Å². The Hall–Kier alpha value is -2.28. The molecule has 1 aliphatic heterocycles. The van der Waals surface area contributed by atoms with E-state index in [1.807, 2.05) is 24.3 Å². The van der Waals surface area contributed by atoms with Gasteiger partial charge in [-0.1, -0.05) is 18.1 Å². The van der Waals surface area contributed by atoms with E-state index in [9.17, 15) is 9.59 Å². The fourth-order valence-corrected chi connectivity index (χ4v) is 2.05. The fourth-order valence-electron chi connectivity index (χ4n) is 2.05. The molecule has 1 saturated heterocycles. The largest absolute Gasteiger partial charge is 0.452 e. The molecule has 19 heavy (non-hydrogen) atoms. The summed E-state index contributed by atoms with van der Waals surface area (Å²) in [5.74, 6) is 2.06. The second-order valence-electron chi connectivity index (χ2n) is 4.36. The van der Waals surface area contributed by atoms with Gasteiger partial charge in [0.2, 0.25) is 5.91 Å². The summed E-state index contributed by atoms with van der Waals surface area (Å²) in [5.41, 5.74) is 1.72. The molecule has 0 unspecified atom stereocenters. The highest BCUT2D eigenvalue weighted by atomic mass is 16.5. The van der Waals surface area contributed by atoms with Crippen molar-refractivity contribution in [3.05, 3.63) is 29.8 Å². The van der Waals surface area contributed by atoms with Crippen LogP contribution in [0.1, 0.15) is 18.4 Å². The Morgan fingerprint density at radius 3 is 2.68 bits per heavy atom. The van der Waals surface area contributed by atoms with E-state index >= 15 is 0 Å². The van der Waals surface area contributed by atoms with Gasteiger partial charge in [-0.15, -0.1) is 6.42 Å². The molecule has 0 radical (unpaired) electrons. The average molecular weight is 257 g/mol. The SMILES string of the molecule is C#CCOC(=O)Cc1ccc(N2CCCC2=O)cc1. The Labute approximate surface area is 112 Å². The quantitative estimate of drug-likeness (QED) is 0.607. The molecule has 2 rings (SSSR count). The van der Waals surface area contributed by atoms with Gasteiger partial charge in [0, 0.05) is 18.7 Å². The maximum absolute atomic E-state index is 11.6. The Morgan fingerprint density at radius 2 is 2.11 bits per heavy atom. The van der Waals surface area contributed by atoms with E-state index in [0.29, 0.717) is 6.42 Å². The first kappa shape index (κ1) is 13.2. The number of anilines is 1. The smallest absolute Gasteiger partial charge is 0.311 e. The van der Waals surface area contributed by atoms with E-state index in [2.05, 4.69) is 5.92 Å². The molecule has 0 aromatic heterocycles. The van der Waals surface area contributed by atoms with E-state index < -0.39 is 0 Å². The molecule has 1 heterocycles. The van der Waals surface area contributed by atoms with Crippen molar-refractivity contribution in [2.24, 2.45) is 0 Å². The number of hydrogen-bond acceptors (Lipinski definition) is 3. The highest BCUT2D eigenvalue weighted by Gasteiger charge is 2.21. The number of benzene rings is 1. The lowest BCUT2D eigenvalue weighted by atomic mass is 10.1. The average Bonchev–Trinajstić information content (AvgIpc) is 2.83. The summed E-state index contributed by atoms with van der Waals surface area (Å²) in [6.45, 7) is 0.765. The lowest BCUT2D eigenvalue weighted by molar-refractivity contribution is -0.141. The first-order chi connectivity index (χ1) is 9.20. The summed E-state index contributed by atoms with van der Waals surface area (Å²) in [6.07, 6.45) is 6.71. The predicted molar refractivity (Wildman–Crippen MR) is 71.5 cm³/mol. The summed E-state index contributed by atoms with van der Waals surface area (Å²) < 4.78 is 4.80. The Balaban J connectivity index is 1.97. The zero-order valence-corrected chi connectivity index (χ0v) is 10.6. The van der Waals surface area contributed by atoms with Gasteiger partial charge in [-0.3, -0.25) is 9.59 Å². The minimum atomic E-state index is -0.344. The van der Waals surface area contributed by atoms with Gasteiger partial charge in [0.15, 0.2) is 6.61 Å². The minimum absolute atomic E-state index is 0.000797. The van der Waals surface area contributed by atoms with Crippen LogP contribution in [0.15, 0.2) is 24.3 Å². The van der Waals surface area contributed by atoms with Gasteiger partial charge in [0.05, 0.1) is 6.42 Å². The molecule has 1 aromatic carbocycles. The standard InChI is InChI=1S/C15H15NO3/c1-2-10-19-15(18)11-12-5-7-13(8-6-12)16-9-3-4-14(16)17/h1,5-8H,3-4,9-11H2. The number of hydrogen-bond donors (Lipinski definition) is 0. The molecule has 0 bridgehead atoms. The topological polar surface area (TPSA) is 46.6 Å². The number of carbonyl (C=O) groups excluding carboxylic acids is 2. The number of rotatable bonds is 4. The van der Waals surface area contributed by atoms with Crippen LogP contribution < -0.4 is 4.90 Å². The molecule has 0 saturated carbocycles. The molecule has 1 amide bonds. The van der Waals surface area contributed by atoms with Crippen LogP contribution in [0.4, 0.5) is 5.69 Å². The van der Waals surface area contributed by atoms with E-state index in [4.69, 9.17) is 11.2 Å². The van der Waals surface area contributed by atoms with Crippen molar-refractivity contribution in [3.63, 3.8) is 0 Å². The van der Waals surface area contributed by atoms with Crippen LogP contribution >= 0.6 is 0 Å². The van der Waals surface area contributed by atoms with Gasteiger partial charge < -0.3 is 9.64 Å². The van der Waals surface area contributed by atoms with Crippen molar-refractivity contribution in [3.8, 4) is 12.3 Å². The molecule has 0 atom stereocenters. The van der Waals surface area contributed by atoms with Crippen LogP contribution in [0.5, 0.6) is 0 Å². The third-order valence-corrected chi connectivity index (χ3v) is 2.99. The lowest BCUT2D eigenvalue weighted by Crippen LogP contribution is -2.23. The van der Waals surface area contributed by atoms with Gasteiger partial charge in [-0.25, -0.2) is 0 Å². The maximum atomic E-state index is 11.6. The second-order valence-corrected chi connectivity index (χ2v) is 4.36. The zero-order valence-electron chi connectivity index (χ0n) is 10.6. The first-order valence-electron chi connectivity index (χ1n) is 6.19. The number of esters is 1. The third kappa shape index (κ3) is 3.35. The summed E-state index contributed by atoms with van der Waals surface area (Å²) in [4.78, 5) is 24.7. The van der Waals surface area contributed by atoms with Crippen molar-refractivity contribution < 1.29 is 14.3 Å². The molecule has 98 valence electrons. The summed E-state index contributed by atoms with van der Waals surface area (Å²) in [7, 11) is 0. The van der Waals surface area contributed by atoms with Crippen molar-refractivity contribution in [1.29, 1.82) is 0 Å². The van der Waals surface area contributed by atoms with Crippen LogP contribution in [0.3, 0.4) is 0 Å². The van der Waals surface area contributed by atoms with E-state index in [-0.39, 0.29) is 24.9 Å². The van der Waals surface area contributed by atoms with Crippen LogP contribution in [-0.2, 0) is 20.7 Å². The molecule has 4 heteroatoms. The minimum Gasteiger partial charge on any atom is -0.452 e. The number of ether oxygens (including phenoxy) is 1. The molecule has 1 fully saturated rings. The second kappa shape index (κ2) is 6.05. The molecule has 1 aliphatic rings. The highest BCUT2D eigenvalue weighted by Crippen LogP contribution is 2.21. The van der Waals surface area contributed by atoms with Crippen LogP contribution in [-0.4, -0.2) is 25.0 Å².